The lowest BCUT2D eigenvalue weighted by Gasteiger charge is -2.08. The molecule has 1 aliphatic carbocycles. The summed E-state index contributed by atoms with van der Waals surface area (Å²) in [6, 6.07) is 5.63. The molecule has 0 unspecified atom stereocenters. The van der Waals surface area contributed by atoms with Crippen molar-refractivity contribution in [3.8, 4) is 0 Å². The van der Waals surface area contributed by atoms with Crippen molar-refractivity contribution >= 4 is 23.2 Å². The molecule has 0 heterocycles. The number of halogens is 2. The molecule has 0 aromatic heterocycles. The maximum absolute atomic E-state index is 6.06. The SMILES string of the molecule is Clc1cccc(Cl)c1CNCCC1CC1. The van der Waals surface area contributed by atoms with Gasteiger partial charge in [-0.1, -0.05) is 42.1 Å². The number of benzene rings is 1. The Labute approximate surface area is 101 Å². The maximum atomic E-state index is 6.06. The van der Waals surface area contributed by atoms with Gasteiger partial charge in [0.25, 0.3) is 0 Å². The van der Waals surface area contributed by atoms with E-state index in [4.69, 9.17) is 23.2 Å². The first-order valence-corrected chi connectivity index (χ1v) is 6.16. The molecule has 15 heavy (non-hydrogen) atoms. The highest BCUT2D eigenvalue weighted by Crippen LogP contribution is 2.31. The van der Waals surface area contributed by atoms with Gasteiger partial charge < -0.3 is 5.32 Å². The van der Waals surface area contributed by atoms with Gasteiger partial charge in [-0.15, -0.1) is 0 Å². The topological polar surface area (TPSA) is 12.0 Å². The van der Waals surface area contributed by atoms with E-state index in [9.17, 15) is 0 Å². The highest BCUT2D eigenvalue weighted by molar-refractivity contribution is 6.35. The second kappa shape index (κ2) is 5.20. The third kappa shape index (κ3) is 3.37. The summed E-state index contributed by atoms with van der Waals surface area (Å²) in [5.74, 6) is 0.971. The van der Waals surface area contributed by atoms with Crippen molar-refractivity contribution < 1.29 is 0 Å². The Morgan fingerprint density at radius 2 is 1.87 bits per heavy atom. The zero-order valence-corrected chi connectivity index (χ0v) is 10.1. The zero-order valence-electron chi connectivity index (χ0n) is 8.60. The Kier molecular flexibility index (Phi) is 3.90. The third-order valence-corrected chi connectivity index (χ3v) is 3.50. The second-order valence-corrected chi connectivity index (χ2v) is 4.92. The van der Waals surface area contributed by atoms with Crippen molar-refractivity contribution in [3.05, 3.63) is 33.8 Å². The van der Waals surface area contributed by atoms with E-state index in [1.54, 1.807) is 0 Å². The fraction of sp³-hybridized carbons (Fsp3) is 0.500. The lowest BCUT2D eigenvalue weighted by molar-refractivity contribution is 0.613. The monoisotopic (exact) mass is 243 g/mol. The van der Waals surface area contributed by atoms with Gasteiger partial charge in [0.05, 0.1) is 0 Å². The van der Waals surface area contributed by atoms with Crippen molar-refractivity contribution in [2.24, 2.45) is 5.92 Å². The molecule has 0 spiro atoms. The van der Waals surface area contributed by atoms with Crippen LogP contribution in [0.5, 0.6) is 0 Å². The molecule has 0 atom stereocenters. The molecular weight excluding hydrogens is 229 g/mol. The summed E-state index contributed by atoms with van der Waals surface area (Å²) < 4.78 is 0. The third-order valence-electron chi connectivity index (χ3n) is 2.79. The Bertz CT molecular complexity index is 314. The molecule has 0 radical (unpaired) electrons. The first-order valence-electron chi connectivity index (χ1n) is 5.41. The van der Waals surface area contributed by atoms with Crippen LogP contribution in [0.4, 0.5) is 0 Å². The van der Waals surface area contributed by atoms with Gasteiger partial charge in [-0.05, 0) is 31.0 Å². The molecule has 1 N–H and O–H groups in total. The largest absolute Gasteiger partial charge is 0.313 e. The smallest absolute Gasteiger partial charge is 0.0465 e. The summed E-state index contributed by atoms with van der Waals surface area (Å²) in [5, 5.41) is 4.89. The van der Waals surface area contributed by atoms with Crippen molar-refractivity contribution in [2.45, 2.75) is 25.8 Å². The molecule has 1 aliphatic rings. The molecule has 1 aromatic rings. The van der Waals surface area contributed by atoms with E-state index in [2.05, 4.69) is 5.32 Å². The number of nitrogens with one attached hydrogen (secondary N) is 1. The summed E-state index contributed by atoms with van der Waals surface area (Å²) in [4.78, 5) is 0. The van der Waals surface area contributed by atoms with E-state index in [-0.39, 0.29) is 0 Å². The maximum Gasteiger partial charge on any atom is 0.0465 e. The highest BCUT2D eigenvalue weighted by atomic mass is 35.5. The van der Waals surface area contributed by atoms with Crippen LogP contribution < -0.4 is 5.32 Å². The first kappa shape index (κ1) is 11.3. The molecule has 1 aromatic carbocycles. The van der Waals surface area contributed by atoms with Crippen LogP contribution in [0.3, 0.4) is 0 Å². The molecule has 2 rings (SSSR count). The summed E-state index contributed by atoms with van der Waals surface area (Å²) in [7, 11) is 0. The van der Waals surface area contributed by atoms with Crippen LogP contribution in [0.1, 0.15) is 24.8 Å². The lowest BCUT2D eigenvalue weighted by Crippen LogP contribution is -2.15. The standard InChI is InChI=1S/C12H15Cl2N/c13-11-2-1-3-12(14)10(11)8-15-7-6-9-4-5-9/h1-3,9,15H,4-8H2. The van der Waals surface area contributed by atoms with E-state index in [0.717, 1.165) is 34.6 Å². The lowest BCUT2D eigenvalue weighted by atomic mass is 10.2. The molecule has 0 saturated heterocycles. The van der Waals surface area contributed by atoms with Crippen LogP contribution >= 0.6 is 23.2 Å². The number of hydrogen-bond donors (Lipinski definition) is 1. The van der Waals surface area contributed by atoms with Crippen LogP contribution in [0.25, 0.3) is 0 Å². The van der Waals surface area contributed by atoms with Gasteiger partial charge in [-0.3, -0.25) is 0 Å². The molecule has 0 aliphatic heterocycles. The summed E-state index contributed by atoms with van der Waals surface area (Å²) >= 11 is 12.1. The highest BCUT2D eigenvalue weighted by Gasteiger charge is 2.20. The molecule has 1 nitrogen and oxygen atoms in total. The molecule has 82 valence electrons. The van der Waals surface area contributed by atoms with Gasteiger partial charge >= 0.3 is 0 Å². The fourth-order valence-electron chi connectivity index (χ4n) is 1.63. The van der Waals surface area contributed by atoms with Crippen LogP contribution in [0, 0.1) is 5.92 Å². The minimum absolute atomic E-state index is 0.751. The predicted molar refractivity (Wildman–Crippen MR) is 65.5 cm³/mol. The normalized spacial score (nSPS) is 15.6. The quantitative estimate of drug-likeness (QED) is 0.775. The fourth-order valence-corrected chi connectivity index (χ4v) is 2.16. The van der Waals surface area contributed by atoms with Crippen LogP contribution in [0.2, 0.25) is 10.0 Å². The van der Waals surface area contributed by atoms with E-state index in [0.29, 0.717) is 0 Å². The zero-order chi connectivity index (χ0) is 10.7. The average Bonchev–Trinajstić information content (AvgIpc) is 3.00. The Morgan fingerprint density at radius 1 is 1.20 bits per heavy atom. The van der Waals surface area contributed by atoms with Crippen LogP contribution in [0.15, 0.2) is 18.2 Å². The van der Waals surface area contributed by atoms with Gasteiger partial charge in [0.2, 0.25) is 0 Å². The van der Waals surface area contributed by atoms with Crippen molar-refractivity contribution in [1.29, 1.82) is 0 Å². The minimum Gasteiger partial charge on any atom is -0.313 e. The van der Waals surface area contributed by atoms with Gasteiger partial charge in [0.1, 0.15) is 0 Å². The molecular formula is C12H15Cl2N. The summed E-state index contributed by atoms with van der Waals surface area (Å²) in [6.45, 7) is 1.83. The van der Waals surface area contributed by atoms with Crippen molar-refractivity contribution in [2.75, 3.05) is 6.54 Å². The Hall–Kier alpha value is -0.240. The summed E-state index contributed by atoms with van der Waals surface area (Å²) in [6.07, 6.45) is 4.10. The first-order chi connectivity index (χ1) is 7.27. The van der Waals surface area contributed by atoms with Gasteiger partial charge in [0.15, 0.2) is 0 Å². The van der Waals surface area contributed by atoms with Crippen molar-refractivity contribution in [1.82, 2.24) is 5.32 Å². The molecule has 1 fully saturated rings. The number of hydrogen-bond acceptors (Lipinski definition) is 1. The second-order valence-electron chi connectivity index (χ2n) is 4.11. The summed E-state index contributed by atoms with van der Waals surface area (Å²) in [5.41, 5.74) is 1.01. The van der Waals surface area contributed by atoms with Gasteiger partial charge in [-0.2, -0.15) is 0 Å². The molecule has 0 bridgehead atoms. The molecule has 3 heteroatoms. The van der Waals surface area contributed by atoms with Gasteiger partial charge in [-0.25, -0.2) is 0 Å². The Balaban J connectivity index is 1.80. The van der Waals surface area contributed by atoms with E-state index in [1.807, 2.05) is 18.2 Å². The van der Waals surface area contributed by atoms with Gasteiger partial charge in [0, 0.05) is 22.2 Å². The average molecular weight is 244 g/mol. The molecule has 1 saturated carbocycles. The minimum atomic E-state index is 0.751. The predicted octanol–water partition coefficient (Wildman–Crippen LogP) is 3.88. The van der Waals surface area contributed by atoms with Crippen molar-refractivity contribution in [3.63, 3.8) is 0 Å². The van der Waals surface area contributed by atoms with E-state index in [1.165, 1.54) is 19.3 Å². The van der Waals surface area contributed by atoms with E-state index >= 15 is 0 Å². The number of rotatable bonds is 5. The van der Waals surface area contributed by atoms with Crippen LogP contribution in [-0.4, -0.2) is 6.54 Å². The Morgan fingerprint density at radius 3 is 2.47 bits per heavy atom. The van der Waals surface area contributed by atoms with E-state index < -0.39 is 0 Å². The van der Waals surface area contributed by atoms with Crippen LogP contribution in [-0.2, 0) is 6.54 Å². The molecule has 0 amide bonds.